The van der Waals surface area contributed by atoms with Gasteiger partial charge in [0, 0.05) is 10.6 Å². The number of nitrogens with zero attached hydrogens (tertiary/aromatic N) is 1. The molecule has 2 aromatic rings. The third kappa shape index (κ3) is 3.25. The molecule has 0 amide bonds. The first-order valence-corrected chi connectivity index (χ1v) is 6.13. The first kappa shape index (κ1) is 13.4. The summed E-state index contributed by atoms with van der Waals surface area (Å²) in [6.45, 7) is 1.65. The van der Waals surface area contributed by atoms with Crippen LogP contribution in [0, 0.1) is 11.3 Å². The Balaban J connectivity index is 2.37. The van der Waals surface area contributed by atoms with Crippen molar-refractivity contribution in [2.24, 2.45) is 0 Å². The maximum absolute atomic E-state index is 9.71. The second-order valence-corrected chi connectivity index (χ2v) is 4.53. The summed E-state index contributed by atoms with van der Waals surface area (Å²) in [5, 5.41) is 19.2. The number of aliphatic hydroxyl groups is 1. The van der Waals surface area contributed by atoms with Gasteiger partial charge in [0.05, 0.1) is 17.7 Å². The van der Waals surface area contributed by atoms with Crippen molar-refractivity contribution in [2.45, 2.75) is 13.0 Å². The summed E-state index contributed by atoms with van der Waals surface area (Å²) in [5.41, 5.74) is 1.11. The van der Waals surface area contributed by atoms with E-state index < -0.39 is 6.10 Å². The van der Waals surface area contributed by atoms with E-state index in [1.165, 1.54) is 0 Å². The Hall–Kier alpha value is -2.02. The molecule has 0 saturated heterocycles. The monoisotopic (exact) mass is 273 g/mol. The van der Waals surface area contributed by atoms with Crippen LogP contribution >= 0.6 is 11.6 Å². The number of hydrogen-bond acceptors (Lipinski definition) is 3. The van der Waals surface area contributed by atoms with Crippen molar-refractivity contribution in [3.8, 4) is 17.6 Å². The smallest absolute Gasteiger partial charge is 0.134 e. The third-order valence-corrected chi connectivity index (χ3v) is 2.89. The Kier molecular flexibility index (Phi) is 4.06. The molecular formula is C15H12ClNO2. The van der Waals surface area contributed by atoms with Gasteiger partial charge in [-0.1, -0.05) is 17.7 Å². The predicted molar refractivity (Wildman–Crippen MR) is 73.3 cm³/mol. The fourth-order valence-corrected chi connectivity index (χ4v) is 1.79. The standard InChI is InChI=1S/C15H12ClNO2/c1-10(18)14-7-2-11(9-17)8-15(14)19-13-5-3-12(16)4-6-13/h2-8,10,18H,1H3. The van der Waals surface area contributed by atoms with Crippen LogP contribution in [0.3, 0.4) is 0 Å². The highest BCUT2D eigenvalue weighted by atomic mass is 35.5. The summed E-state index contributed by atoms with van der Waals surface area (Å²) in [4.78, 5) is 0. The van der Waals surface area contributed by atoms with Gasteiger partial charge in [0.2, 0.25) is 0 Å². The topological polar surface area (TPSA) is 53.2 Å². The van der Waals surface area contributed by atoms with Crippen LogP contribution in [0.25, 0.3) is 0 Å². The number of rotatable bonds is 3. The number of aliphatic hydroxyl groups excluding tert-OH is 1. The minimum Gasteiger partial charge on any atom is -0.457 e. The van der Waals surface area contributed by atoms with Crippen molar-refractivity contribution in [1.29, 1.82) is 5.26 Å². The quantitative estimate of drug-likeness (QED) is 0.917. The van der Waals surface area contributed by atoms with Gasteiger partial charge in [-0.15, -0.1) is 0 Å². The van der Waals surface area contributed by atoms with Crippen molar-refractivity contribution in [3.63, 3.8) is 0 Å². The van der Waals surface area contributed by atoms with E-state index in [1.807, 2.05) is 6.07 Å². The summed E-state index contributed by atoms with van der Waals surface area (Å²) in [6, 6.07) is 13.9. The lowest BCUT2D eigenvalue weighted by atomic mass is 10.1. The molecule has 0 bridgehead atoms. The molecule has 0 fully saturated rings. The highest BCUT2D eigenvalue weighted by Gasteiger charge is 2.11. The van der Waals surface area contributed by atoms with E-state index in [9.17, 15) is 5.11 Å². The van der Waals surface area contributed by atoms with Crippen LogP contribution in [0.1, 0.15) is 24.2 Å². The van der Waals surface area contributed by atoms with E-state index in [0.29, 0.717) is 27.6 Å². The van der Waals surface area contributed by atoms with Crippen LogP contribution in [0.5, 0.6) is 11.5 Å². The van der Waals surface area contributed by atoms with E-state index in [1.54, 1.807) is 49.4 Å². The highest BCUT2D eigenvalue weighted by Crippen LogP contribution is 2.31. The molecule has 2 rings (SSSR count). The lowest BCUT2D eigenvalue weighted by molar-refractivity contribution is 0.195. The second kappa shape index (κ2) is 5.75. The van der Waals surface area contributed by atoms with Crippen molar-refractivity contribution in [3.05, 3.63) is 58.6 Å². The maximum atomic E-state index is 9.71. The van der Waals surface area contributed by atoms with Crippen LogP contribution in [-0.4, -0.2) is 5.11 Å². The second-order valence-electron chi connectivity index (χ2n) is 4.10. The molecule has 19 heavy (non-hydrogen) atoms. The number of benzene rings is 2. The highest BCUT2D eigenvalue weighted by molar-refractivity contribution is 6.30. The van der Waals surface area contributed by atoms with E-state index in [-0.39, 0.29) is 0 Å². The Morgan fingerprint density at radius 2 is 1.89 bits per heavy atom. The Morgan fingerprint density at radius 1 is 1.21 bits per heavy atom. The fraction of sp³-hybridized carbons (Fsp3) is 0.133. The molecule has 0 aromatic heterocycles. The summed E-state index contributed by atoms with van der Waals surface area (Å²) in [6.07, 6.45) is -0.671. The molecule has 1 N–H and O–H groups in total. The van der Waals surface area contributed by atoms with Gasteiger partial charge in [-0.05, 0) is 43.3 Å². The third-order valence-electron chi connectivity index (χ3n) is 2.63. The van der Waals surface area contributed by atoms with Crippen LogP contribution in [-0.2, 0) is 0 Å². The number of nitriles is 1. The van der Waals surface area contributed by atoms with Gasteiger partial charge < -0.3 is 9.84 Å². The zero-order valence-electron chi connectivity index (χ0n) is 10.3. The van der Waals surface area contributed by atoms with Gasteiger partial charge in [0.15, 0.2) is 0 Å². The molecular weight excluding hydrogens is 262 g/mol. The van der Waals surface area contributed by atoms with Crippen LogP contribution in [0.4, 0.5) is 0 Å². The molecule has 0 heterocycles. The summed E-state index contributed by atoms with van der Waals surface area (Å²) >= 11 is 5.81. The summed E-state index contributed by atoms with van der Waals surface area (Å²) < 4.78 is 5.70. The van der Waals surface area contributed by atoms with E-state index in [4.69, 9.17) is 21.6 Å². The van der Waals surface area contributed by atoms with Gasteiger partial charge in [-0.2, -0.15) is 5.26 Å². The van der Waals surface area contributed by atoms with Crippen LogP contribution in [0.15, 0.2) is 42.5 Å². The molecule has 0 saturated carbocycles. The molecule has 2 aromatic carbocycles. The van der Waals surface area contributed by atoms with E-state index in [2.05, 4.69) is 0 Å². The van der Waals surface area contributed by atoms with Crippen molar-refractivity contribution < 1.29 is 9.84 Å². The number of ether oxygens (including phenoxy) is 1. The van der Waals surface area contributed by atoms with Crippen LogP contribution < -0.4 is 4.74 Å². The van der Waals surface area contributed by atoms with E-state index in [0.717, 1.165) is 0 Å². The lowest BCUT2D eigenvalue weighted by Gasteiger charge is -2.13. The Morgan fingerprint density at radius 3 is 2.47 bits per heavy atom. The normalized spacial score (nSPS) is 11.7. The molecule has 96 valence electrons. The molecule has 4 heteroatoms. The van der Waals surface area contributed by atoms with Crippen molar-refractivity contribution in [1.82, 2.24) is 0 Å². The van der Waals surface area contributed by atoms with Gasteiger partial charge in [0.25, 0.3) is 0 Å². The predicted octanol–water partition coefficient (Wildman–Crippen LogP) is 4.06. The average molecular weight is 274 g/mol. The van der Waals surface area contributed by atoms with Gasteiger partial charge in [-0.25, -0.2) is 0 Å². The maximum Gasteiger partial charge on any atom is 0.134 e. The van der Waals surface area contributed by atoms with Crippen molar-refractivity contribution >= 4 is 11.6 Å². The summed E-state index contributed by atoms with van der Waals surface area (Å²) in [7, 11) is 0. The van der Waals surface area contributed by atoms with Crippen LogP contribution in [0.2, 0.25) is 5.02 Å². The Labute approximate surface area is 116 Å². The molecule has 0 radical (unpaired) electrons. The first-order valence-electron chi connectivity index (χ1n) is 5.75. The molecule has 1 unspecified atom stereocenters. The SMILES string of the molecule is CC(O)c1ccc(C#N)cc1Oc1ccc(Cl)cc1. The van der Waals surface area contributed by atoms with E-state index >= 15 is 0 Å². The molecule has 1 atom stereocenters. The largest absolute Gasteiger partial charge is 0.457 e. The molecule has 0 aliphatic heterocycles. The van der Waals surface area contributed by atoms with Crippen molar-refractivity contribution in [2.75, 3.05) is 0 Å². The molecule has 0 aliphatic carbocycles. The molecule has 0 spiro atoms. The first-order chi connectivity index (χ1) is 9.10. The minimum absolute atomic E-state index is 0.469. The minimum atomic E-state index is -0.671. The number of halogens is 1. The lowest BCUT2D eigenvalue weighted by Crippen LogP contribution is -1.96. The summed E-state index contributed by atoms with van der Waals surface area (Å²) in [5.74, 6) is 1.07. The van der Waals surface area contributed by atoms with Gasteiger partial charge in [-0.3, -0.25) is 0 Å². The van der Waals surface area contributed by atoms with Gasteiger partial charge >= 0.3 is 0 Å². The molecule has 3 nitrogen and oxygen atoms in total. The number of hydrogen-bond donors (Lipinski definition) is 1. The Bertz CT molecular complexity index is 615. The molecule has 0 aliphatic rings. The zero-order chi connectivity index (χ0) is 13.8. The average Bonchev–Trinajstić information content (AvgIpc) is 2.41. The van der Waals surface area contributed by atoms with Gasteiger partial charge in [0.1, 0.15) is 11.5 Å². The zero-order valence-corrected chi connectivity index (χ0v) is 11.1. The fourth-order valence-electron chi connectivity index (χ4n) is 1.67.